The molecule has 0 spiro atoms. The van der Waals surface area contributed by atoms with E-state index in [1.54, 1.807) is 6.20 Å². The maximum Gasteiger partial charge on any atom is 0.0714 e. The Morgan fingerprint density at radius 1 is 1.31 bits per heavy atom. The zero-order valence-electron chi connectivity index (χ0n) is 9.33. The molecule has 0 fully saturated rings. The minimum atomic E-state index is 0.733. The van der Waals surface area contributed by atoms with Crippen LogP contribution in [0.4, 0.5) is 0 Å². The molecule has 2 aromatic rings. The van der Waals surface area contributed by atoms with Crippen LogP contribution in [0.3, 0.4) is 0 Å². The molecule has 0 radical (unpaired) electrons. The third kappa shape index (κ3) is 2.59. The molecular formula is C14H14N2. The van der Waals surface area contributed by atoms with E-state index in [0.717, 1.165) is 29.6 Å². The number of fused-ring (bicyclic) bond motifs is 1. The highest BCUT2D eigenvalue weighted by atomic mass is 14.8. The maximum absolute atomic E-state index is 4.30. The fraction of sp³-hybridized carbons (Fsp3) is 0.214. The zero-order valence-corrected chi connectivity index (χ0v) is 9.33. The summed E-state index contributed by atoms with van der Waals surface area (Å²) in [5.41, 5.74) is 2.02. The lowest BCUT2D eigenvalue weighted by atomic mass is 10.1. The molecule has 0 aliphatic rings. The molecule has 0 atom stereocenters. The molecule has 1 aromatic carbocycles. The first-order chi connectivity index (χ1) is 7.90. The van der Waals surface area contributed by atoms with Crippen LogP contribution in [0.5, 0.6) is 0 Å². The van der Waals surface area contributed by atoms with Crippen LogP contribution in [0.2, 0.25) is 0 Å². The fourth-order valence-electron chi connectivity index (χ4n) is 1.48. The highest BCUT2D eigenvalue weighted by Crippen LogP contribution is 2.12. The van der Waals surface area contributed by atoms with Gasteiger partial charge in [0.15, 0.2) is 0 Å². The Kier molecular flexibility index (Phi) is 3.53. The average Bonchev–Trinajstić information content (AvgIpc) is 2.34. The minimum Gasteiger partial charge on any atom is -0.306 e. The average molecular weight is 210 g/mol. The second kappa shape index (κ2) is 5.29. The van der Waals surface area contributed by atoms with Crippen molar-refractivity contribution < 1.29 is 0 Å². The third-order valence-electron chi connectivity index (χ3n) is 2.30. The Morgan fingerprint density at radius 3 is 3.12 bits per heavy atom. The summed E-state index contributed by atoms with van der Waals surface area (Å²) in [5.74, 6) is 6.20. The van der Waals surface area contributed by atoms with Crippen molar-refractivity contribution in [3.63, 3.8) is 0 Å². The van der Waals surface area contributed by atoms with Crippen LogP contribution in [0.15, 0.2) is 36.5 Å². The van der Waals surface area contributed by atoms with Crippen molar-refractivity contribution in [3.05, 3.63) is 42.1 Å². The predicted octanol–water partition coefficient (Wildman–Crippen LogP) is 2.20. The standard InChI is InChI=1S/C14H14N2/c1-2-15-9-3-5-12-7-8-13-6-4-10-16-14(13)11-12/h4,6-8,10-11,15H,2,9H2,1H3. The molecule has 2 heteroatoms. The van der Waals surface area contributed by atoms with Gasteiger partial charge in [0.1, 0.15) is 0 Å². The first kappa shape index (κ1) is 10.7. The van der Waals surface area contributed by atoms with Gasteiger partial charge in [-0.05, 0) is 24.7 Å². The summed E-state index contributed by atoms with van der Waals surface area (Å²) in [5, 5.41) is 4.32. The fourth-order valence-corrected chi connectivity index (χ4v) is 1.48. The first-order valence-electron chi connectivity index (χ1n) is 5.44. The summed E-state index contributed by atoms with van der Waals surface area (Å²) >= 11 is 0. The molecular weight excluding hydrogens is 196 g/mol. The van der Waals surface area contributed by atoms with Crippen molar-refractivity contribution in [1.29, 1.82) is 0 Å². The summed E-state index contributed by atoms with van der Waals surface area (Å²) in [6.07, 6.45) is 1.80. The van der Waals surface area contributed by atoms with Gasteiger partial charge in [-0.3, -0.25) is 4.98 Å². The van der Waals surface area contributed by atoms with Crippen LogP contribution in [-0.4, -0.2) is 18.1 Å². The van der Waals surface area contributed by atoms with Crippen molar-refractivity contribution in [2.45, 2.75) is 6.92 Å². The minimum absolute atomic E-state index is 0.733. The monoisotopic (exact) mass is 210 g/mol. The Hall–Kier alpha value is -1.85. The van der Waals surface area contributed by atoms with Crippen LogP contribution in [0.1, 0.15) is 12.5 Å². The SMILES string of the molecule is CCNCC#Cc1ccc2cccnc2c1. The molecule has 2 rings (SSSR count). The van der Waals surface area contributed by atoms with Crippen LogP contribution in [-0.2, 0) is 0 Å². The first-order valence-corrected chi connectivity index (χ1v) is 5.44. The lowest BCUT2D eigenvalue weighted by Crippen LogP contribution is -2.11. The number of nitrogens with one attached hydrogen (secondary N) is 1. The molecule has 0 amide bonds. The molecule has 16 heavy (non-hydrogen) atoms. The Balaban J connectivity index is 2.21. The van der Waals surface area contributed by atoms with Gasteiger partial charge in [0.05, 0.1) is 12.1 Å². The van der Waals surface area contributed by atoms with E-state index in [1.807, 2.05) is 18.2 Å². The van der Waals surface area contributed by atoms with E-state index in [4.69, 9.17) is 0 Å². The summed E-state index contributed by atoms with van der Waals surface area (Å²) in [4.78, 5) is 4.30. The van der Waals surface area contributed by atoms with Crippen molar-refractivity contribution >= 4 is 10.9 Å². The van der Waals surface area contributed by atoms with Crippen LogP contribution in [0.25, 0.3) is 10.9 Å². The molecule has 1 aromatic heterocycles. The highest BCUT2D eigenvalue weighted by molar-refractivity contribution is 5.79. The summed E-state index contributed by atoms with van der Waals surface area (Å²) < 4.78 is 0. The van der Waals surface area contributed by atoms with Gasteiger partial charge in [0.2, 0.25) is 0 Å². The van der Waals surface area contributed by atoms with E-state index in [-0.39, 0.29) is 0 Å². The van der Waals surface area contributed by atoms with Gasteiger partial charge in [-0.1, -0.05) is 30.9 Å². The molecule has 0 aliphatic carbocycles. The Bertz CT molecular complexity index is 535. The molecule has 0 unspecified atom stereocenters. The maximum atomic E-state index is 4.30. The van der Waals surface area contributed by atoms with Gasteiger partial charge in [-0.2, -0.15) is 0 Å². The normalized spacial score (nSPS) is 9.81. The highest BCUT2D eigenvalue weighted by Gasteiger charge is 1.93. The van der Waals surface area contributed by atoms with E-state index in [1.165, 1.54) is 0 Å². The van der Waals surface area contributed by atoms with Crippen LogP contribution < -0.4 is 5.32 Å². The number of pyridine rings is 1. The topological polar surface area (TPSA) is 24.9 Å². The van der Waals surface area contributed by atoms with Gasteiger partial charge in [-0.15, -0.1) is 0 Å². The van der Waals surface area contributed by atoms with Gasteiger partial charge in [0.25, 0.3) is 0 Å². The van der Waals surface area contributed by atoms with E-state index < -0.39 is 0 Å². The lowest BCUT2D eigenvalue weighted by Gasteiger charge is -1.96. The van der Waals surface area contributed by atoms with Crippen LogP contribution in [0, 0.1) is 11.8 Å². The van der Waals surface area contributed by atoms with Gasteiger partial charge in [0, 0.05) is 17.1 Å². The van der Waals surface area contributed by atoms with E-state index in [9.17, 15) is 0 Å². The number of nitrogens with zero attached hydrogens (tertiary/aromatic N) is 1. The Morgan fingerprint density at radius 2 is 2.25 bits per heavy atom. The summed E-state index contributed by atoms with van der Waals surface area (Å²) in [6, 6.07) is 10.1. The number of aromatic nitrogens is 1. The molecule has 2 nitrogen and oxygen atoms in total. The Labute approximate surface area is 95.7 Å². The van der Waals surface area contributed by atoms with Gasteiger partial charge < -0.3 is 5.32 Å². The van der Waals surface area contributed by atoms with Crippen LogP contribution >= 0.6 is 0 Å². The van der Waals surface area contributed by atoms with E-state index in [2.05, 4.69) is 41.2 Å². The van der Waals surface area contributed by atoms with Gasteiger partial charge in [-0.25, -0.2) is 0 Å². The van der Waals surface area contributed by atoms with Crippen molar-refractivity contribution in [1.82, 2.24) is 10.3 Å². The zero-order chi connectivity index (χ0) is 11.2. The smallest absolute Gasteiger partial charge is 0.0714 e. The quantitative estimate of drug-likeness (QED) is 0.607. The molecule has 0 saturated heterocycles. The second-order valence-corrected chi connectivity index (χ2v) is 3.49. The van der Waals surface area contributed by atoms with Gasteiger partial charge >= 0.3 is 0 Å². The number of hydrogen-bond acceptors (Lipinski definition) is 2. The number of hydrogen-bond donors (Lipinski definition) is 1. The molecule has 1 N–H and O–H groups in total. The van der Waals surface area contributed by atoms with Crippen molar-refractivity contribution in [2.24, 2.45) is 0 Å². The van der Waals surface area contributed by atoms with Crippen molar-refractivity contribution in [3.8, 4) is 11.8 Å². The molecule has 1 heterocycles. The summed E-state index contributed by atoms with van der Waals surface area (Å²) in [6.45, 7) is 3.76. The largest absolute Gasteiger partial charge is 0.306 e. The van der Waals surface area contributed by atoms with E-state index in [0.29, 0.717) is 0 Å². The molecule has 0 aliphatic heterocycles. The molecule has 0 saturated carbocycles. The molecule has 80 valence electrons. The lowest BCUT2D eigenvalue weighted by molar-refractivity contribution is 0.811. The number of rotatable bonds is 2. The predicted molar refractivity (Wildman–Crippen MR) is 67.2 cm³/mol. The van der Waals surface area contributed by atoms with Crippen molar-refractivity contribution in [2.75, 3.05) is 13.1 Å². The third-order valence-corrected chi connectivity index (χ3v) is 2.30. The van der Waals surface area contributed by atoms with E-state index >= 15 is 0 Å². The molecule has 0 bridgehead atoms. The summed E-state index contributed by atoms with van der Waals surface area (Å²) in [7, 11) is 0. The number of benzene rings is 1. The second-order valence-electron chi connectivity index (χ2n) is 3.49.